The van der Waals surface area contributed by atoms with Crippen LogP contribution in [0, 0.1) is 24.2 Å². The van der Waals surface area contributed by atoms with Crippen LogP contribution >= 0.6 is 56.5 Å². The lowest BCUT2D eigenvalue weighted by Crippen LogP contribution is -2.40. The summed E-state index contributed by atoms with van der Waals surface area (Å²) in [6.07, 6.45) is 1.81. The Kier molecular flexibility index (Phi) is 8.95. The van der Waals surface area contributed by atoms with E-state index in [1.165, 1.54) is 22.0 Å². The maximum atomic E-state index is 13.8. The van der Waals surface area contributed by atoms with Crippen LogP contribution in [-0.2, 0) is 9.53 Å². The molecule has 204 valence electrons. The summed E-state index contributed by atoms with van der Waals surface area (Å²) in [5.41, 5.74) is 1.84. The van der Waals surface area contributed by atoms with Gasteiger partial charge in [-0.2, -0.15) is 0 Å². The van der Waals surface area contributed by atoms with E-state index in [0.717, 1.165) is 18.5 Å². The molecule has 0 radical (unpaired) electrons. The Morgan fingerprint density at radius 3 is 2.49 bits per heavy atom. The number of carbonyl (C=O) groups excluding carboxylic acids is 1. The largest absolute Gasteiger partial charge is 0.489 e. The molecule has 0 aliphatic carbocycles. The lowest BCUT2D eigenvalue weighted by molar-refractivity contribution is -0.385. The normalized spacial score (nSPS) is 15.3. The lowest BCUT2D eigenvalue weighted by atomic mass is 9.94. The molecule has 9 nitrogen and oxygen atoms in total. The second kappa shape index (κ2) is 11.9. The molecule has 0 N–H and O–H groups in total. The first-order valence-electron chi connectivity index (χ1n) is 12.0. The van der Waals surface area contributed by atoms with Crippen LogP contribution in [0.15, 0.2) is 51.4 Å². The molecule has 1 aliphatic heterocycles. The van der Waals surface area contributed by atoms with Crippen LogP contribution in [0.3, 0.4) is 0 Å². The van der Waals surface area contributed by atoms with Crippen molar-refractivity contribution >= 4 is 74.3 Å². The number of nitrogens with zero attached hydrogens (tertiary/aromatic N) is 3. The van der Waals surface area contributed by atoms with Gasteiger partial charge in [0.15, 0.2) is 4.80 Å². The number of benzene rings is 2. The van der Waals surface area contributed by atoms with Crippen LogP contribution in [0.25, 0.3) is 6.08 Å². The van der Waals surface area contributed by atoms with Gasteiger partial charge in [0.25, 0.3) is 11.2 Å². The number of ether oxygens (including phenoxy) is 2. The zero-order chi connectivity index (χ0) is 28.6. The monoisotopic (exact) mass is 773 g/mol. The van der Waals surface area contributed by atoms with Crippen LogP contribution < -0.4 is 19.6 Å². The summed E-state index contributed by atoms with van der Waals surface area (Å²) in [6, 6.07) is 7.67. The van der Waals surface area contributed by atoms with Crippen molar-refractivity contribution in [3.05, 3.63) is 95.2 Å². The van der Waals surface area contributed by atoms with E-state index in [1.54, 1.807) is 39.0 Å². The van der Waals surface area contributed by atoms with Crippen LogP contribution in [0.5, 0.6) is 5.75 Å². The maximum Gasteiger partial charge on any atom is 0.338 e. The fraction of sp³-hybridized carbons (Fsp3) is 0.296. The number of halogens is 2. The number of carbonyl (C=O) groups is 1. The minimum atomic E-state index is -0.927. The first-order valence-corrected chi connectivity index (χ1v) is 15.0. The predicted molar refractivity (Wildman–Crippen MR) is 166 cm³/mol. The van der Waals surface area contributed by atoms with Crippen molar-refractivity contribution in [3.63, 3.8) is 0 Å². The summed E-state index contributed by atoms with van der Waals surface area (Å²) >= 11 is 5.63. The fourth-order valence-electron chi connectivity index (χ4n) is 4.26. The van der Waals surface area contributed by atoms with Crippen LogP contribution in [0.2, 0.25) is 0 Å². The lowest BCUT2D eigenvalue weighted by Gasteiger charge is -2.24. The maximum absolute atomic E-state index is 13.8. The average Bonchev–Trinajstić information content (AvgIpc) is 3.15. The molecule has 0 amide bonds. The van der Waals surface area contributed by atoms with E-state index in [1.807, 2.05) is 26.0 Å². The first-order chi connectivity index (χ1) is 18.4. The van der Waals surface area contributed by atoms with Gasteiger partial charge in [0, 0.05) is 11.6 Å². The van der Waals surface area contributed by atoms with Crippen LogP contribution in [0.1, 0.15) is 50.4 Å². The van der Waals surface area contributed by atoms with Gasteiger partial charge in [-0.05, 0) is 109 Å². The molecule has 3 aromatic rings. The highest BCUT2D eigenvalue weighted by molar-refractivity contribution is 14.1. The van der Waals surface area contributed by atoms with Gasteiger partial charge in [-0.3, -0.25) is 19.5 Å². The second-order valence-corrected chi connectivity index (χ2v) is 12.4. The number of nitro groups is 1. The van der Waals surface area contributed by atoms with E-state index >= 15 is 0 Å². The number of thiazole rings is 1. The number of aromatic nitrogens is 1. The van der Waals surface area contributed by atoms with Crippen molar-refractivity contribution < 1.29 is 19.2 Å². The Bertz CT molecular complexity index is 1680. The van der Waals surface area contributed by atoms with Crippen molar-refractivity contribution in [2.75, 3.05) is 6.61 Å². The molecule has 0 spiro atoms. The molecule has 12 heteroatoms. The van der Waals surface area contributed by atoms with E-state index in [0.29, 0.717) is 26.2 Å². The second-order valence-electron chi connectivity index (χ2n) is 9.09. The minimum absolute atomic E-state index is 0.0241. The standard InChI is InChI=1S/C27H25I2N3O6S/c1-6-37-26(34)22-15(5)30-27-31(23(22)17-8-7-14(4)20(12-17)32(35)36)25(33)21(39-27)11-16-9-18(28)24(19(29)10-16)38-13(2)3/h7-13,23H,6H2,1-5H3/b21-11+/t23-/m1/s1. The third-order valence-corrected chi connectivity index (χ3v) is 8.52. The Morgan fingerprint density at radius 2 is 1.90 bits per heavy atom. The highest BCUT2D eigenvalue weighted by atomic mass is 127. The summed E-state index contributed by atoms with van der Waals surface area (Å²) in [5, 5.41) is 11.7. The smallest absolute Gasteiger partial charge is 0.338 e. The van der Waals surface area contributed by atoms with Gasteiger partial charge in [0.05, 0.1) is 46.6 Å². The van der Waals surface area contributed by atoms with E-state index in [-0.39, 0.29) is 29.5 Å². The topological polar surface area (TPSA) is 113 Å². The third-order valence-electron chi connectivity index (χ3n) is 5.93. The molecule has 0 saturated carbocycles. The highest BCUT2D eigenvalue weighted by Gasteiger charge is 2.34. The minimum Gasteiger partial charge on any atom is -0.489 e. The zero-order valence-electron chi connectivity index (χ0n) is 21.8. The van der Waals surface area contributed by atoms with Crippen molar-refractivity contribution in [2.45, 2.75) is 46.8 Å². The quantitative estimate of drug-likeness (QED) is 0.145. The fourth-order valence-corrected chi connectivity index (χ4v) is 7.38. The van der Waals surface area contributed by atoms with Crippen LogP contribution in [-0.4, -0.2) is 28.2 Å². The molecular formula is C27H25I2N3O6S. The molecule has 0 bridgehead atoms. The summed E-state index contributed by atoms with van der Waals surface area (Å²) in [6.45, 7) is 9.07. The van der Waals surface area contributed by atoms with E-state index in [4.69, 9.17) is 9.47 Å². The Morgan fingerprint density at radius 1 is 1.23 bits per heavy atom. The van der Waals surface area contributed by atoms with E-state index < -0.39 is 16.9 Å². The van der Waals surface area contributed by atoms with Gasteiger partial charge in [-0.15, -0.1) is 0 Å². The number of allylic oxidation sites excluding steroid dienone is 1. The van der Waals surface area contributed by atoms with Gasteiger partial charge in [0.2, 0.25) is 0 Å². The third kappa shape index (κ3) is 5.96. The molecule has 39 heavy (non-hydrogen) atoms. The van der Waals surface area contributed by atoms with Gasteiger partial charge in [0.1, 0.15) is 5.75 Å². The van der Waals surface area contributed by atoms with Gasteiger partial charge in [-0.1, -0.05) is 23.5 Å². The van der Waals surface area contributed by atoms with Crippen molar-refractivity contribution in [1.82, 2.24) is 4.57 Å². The van der Waals surface area contributed by atoms with Gasteiger partial charge in [-0.25, -0.2) is 9.79 Å². The van der Waals surface area contributed by atoms with Crippen molar-refractivity contribution in [3.8, 4) is 5.75 Å². The van der Waals surface area contributed by atoms with E-state index in [2.05, 4.69) is 50.2 Å². The number of rotatable bonds is 7. The van der Waals surface area contributed by atoms with E-state index in [9.17, 15) is 19.7 Å². The Labute approximate surface area is 255 Å². The molecular weight excluding hydrogens is 748 g/mol. The molecule has 0 fully saturated rings. The summed E-state index contributed by atoms with van der Waals surface area (Å²) < 4.78 is 14.9. The van der Waals surface area contributed by atoms with Gasteiger partial charge >= 0.3 is 5.97 Å². The molecule has 1 aromatic heterocycles. The molecule has 2 heterocycles. The number of aryl methyl sites for hydroxylation is 1. The molecule has 0 saturated heterocycles. The van der Waals surface area contributed by atoms with Gasteiger partial charge < -0.3 is 9.47 Å². The molecule has 1 aliphatic rings. The predicted octanol–water partition coefficient (Wildman–Crippen LogP) is 5.01. The number of fused-ring (bicyclic) bond motifs is 1. The molecule has 4 rings (SSSR count). The van der Waals surface area contributed by atoms with Crippen molar-refractivity contribution in [1.29, 1.82) is 0 Å². The Balaban J connectivity index is 1.94. The average molecular weight is 773 g/mol. The molecule has 2 aromatic carbocycles. The number of hydrogen-bond acceptors (Lipinski definition) is 8. The van der Waals surface area contributed by atoms with Crippen molar-refractivity contribution in [2.24, 2.45) is 4.99 Å². The Hall–Kier alpha value is -2.59. The number of esters is 1. The summed E-state index contributed by atoms with van der Waals surface area (Å²) in [5.74, 6) is 0.173. The SMILES string of the molecule is CCOC(=O)C1=C(C)N=c2s/c(=C/c3cc(I)c(OC(C)C)c(I)c3)c(=O)n2[C@@H]1c1ccc(C)c([N+](=O)[O-])c1. The number of nitro benzene ring substituents is 1. The molecule has 1 atom stereocenters. The summed E-state index contributed by atoms with van der Waals surface area (Å²) in [7, 11) is 0. The summed E-state index contributed by atoms with van der Waals surface area (Å²) in [4.78, 5) is 43.1. The zero-order valence-corrected chi connectivity index (χ0v) is 26.9. The number of hydrogen-bond donors (Lipinski definition) is 0. The highest BCUT2D eigenvalue weighted by Crippen LogP contribution is 2.34. The molecule has 0 unspecified atom stereocenters. The van der Waals surface area contributed by atoms with Crippen LogP contribution in [0.4, 0.5) is 5.69 Å². The first kappa shape index (κ1) is 29.4.